The number of nitrogens with zero attached hydrogens (tertiary/aromatic N) is 1. The van der Waals surface area contributed by atoms with Crippen LogP contribution in [0.5, 0.6) is 5.75 Å². The molecule has 0 aliphatic carbocycles. The second kappa shape index (κ2) is 6.08. The molecule has 0 saturated carbocycles. The topological polar surface area (TPSA) is 92.9 Å². The lowest BCUT2D eigenvalue weighted by Gasteiger charge is -2.21. The van der Waals surface area contributed by atoms with Crippen LogP contribution in [0.4, 0.5) is 5.69 Å². The molecule has 0 saturated heterocycles. The SMILES string of the molecule is COC(=O)C(C)CN(C)C(=O)c1cc(O)ccc1N. The van der Waals surface area contributed by atoms with Crippen molar-refractivity contribution in [3.05, 3.63) is 23.8 Å². The Balaban J connectivity index is 2.82. The van der Waals surface area contributed by atoms with Crippen molar-refractivity contribution in [1.29, 1.82) is 0 Å². The summed E-state index contributed by atoms with van der Waals surface area (Å²) in [6.07, 6.45) is 0. The normalized spacial score (nSPS) is 11.7. The number of esters is 1. The van der Waals surface area contributed by atoms with Gasteiger partial charge >= 0.3 is 5.97 Å². The first-order valence-corrected chi connectivity index (χ1v) is 5.78. The maximum absolute atomic E-state index is 12.1. The first-order valence-electron chi connectivity index (χ1n) is 5.78. The Hall–Kier alpha value is -2.24. The second-order valence-electron chi connectivity index (χ2n) is 4.38. The zero-order chi connectivity index (χ0) is 14.6. The van der Waals surface area contributed by atoms with E-state index in [-0.39, 0.29) is 35.4 Å². The number of carbonyl (C=O) groups excluding carboxylic acids is 2. The van der Waals surface area contributed by atoms with Crippen LogP contribution in [0.2, 0.25) is 0 Å². The van der Waals surface area contributed by atoms with Crippen molar-refractivity contribution in [2.24, 2.45) is 5.92 Å². The highest BCUT2D eigenvalue weighted by Crippen LogP contribution is 2.20. The van der Waals surface area contributed by atoms with Gasteiger partial charge in [0.15, 0.2) is 0 Å². The second-order valence-corrected chi connectivity index (χ2v) is 4.38. The van der Waals surface area contributed by atoms with Gasteiger partial charge in [0.05, 0.1) is 18.6 Å². The molecule has 0 aliphatic rings. The monoisotopic (exact) mass is 266 g/mol. The standard InChI is InChI=1S/C13H18N2O4/c1-8(13(18)19-3)7-15(2)12(17)10-6-9(16)4-5-11(10)14/h4-6,8,16H,7,14H2,1-3H3. The highest BCUT2D eigenvalue weighted by molar-refractivity contribution is 5.99. The Morgan fingerprint density at radius 3 is 2.68 bits per heavy atom. The molecule has 1 rings (SSSR count). The third-order valence-electron chi connectivity index (χ3n) is 2.77. The quantitative estimate of drug-likeness (QED) is 0.479. The lowest BCUT2D eigenvalue weighted by molar-refractivity contribution is -0.145. The van der Waals surface area contributed by atoms with Crippen LogP contribution in [-0.2, 0) is 9.53 Å². The number of amides is 1. The van der Waals surface area contributed by atoms with Gasteiger partial charge in [0.25, 0.3) is 5.91 Å². The van der Waals surface area contributed by atoms with Gasteiger partial charge in [-0.2, -0.15) is 0 Å². The van der Waals surface area contributed by atoms with E-state index in [9.17, 15) is 14.7 Å². The Bertz CT molecular complexity index is 488. The minimum atomic E-state index is -0.433. The average molecular weight is 266 g/mol. The number of hydrogen-bond donors (Lipinski definition) is 2. The average Bonchev–Trinajstić information content (AvgIpc) is 2.39. The van der Waals surface area contributed by atoms with Gasteiger partial charge in [-0.1, -0.05) is 6.92 Å². The van der Waals surface area contributed by atoms with E-state index >= 15 is 0 Å². The number of nitrogens with two attached hydrogens (primary N) is 1. The molecule has 0 bridgehead atoms. The predicted octanol–water partition coefficient (Wildman–Crippen LogP) is 0.855. The van der Waals surface area contributed by atoms with E-state index < -0.39 is 5.92 Å². The first-order chi connectivity index (χ1) is 8.86. The van der Waals surface area contributed by atoms with E-state index in [0.29, 0.717) is 0 Å². The van der Waals surface area contributed by atoms with Gasteiger partial charge in [0.1, 0.15) is 5.75 Å². The minimum absolute atomic E-state index is 0.0352. The molecule has 1 aromatic carbocycles. The van der Waals surface area contributed by atoms with E-state index in [0.717, 1.165) is 0 Å². The van der Waals surface area contributed by atoms with E-state index in [1.54, 1.807) is 14.0 Å². The fourth-order valence-electron chi connectivity index (χ4n) is 1.70. The predicted molar refractivity (Wildman–Crippen MR) is 70.7 cm³/mol. The molecule has 1 atom stereocenters. The fourth-order valence-corrected chi connectivity index (χ4v) is 1.70. The van der Waals surface area contributed by atoms with Crippen LogP contribution in [0, 0.1) is 5.92 Å². The van der Waals surface area contributed by atoms with Crippen LogP contribution >= 0.6 is 0 Å². The molecular formula is C13H18N2O4. The summed E-state index contributed by atoms with van der Waals surface area (Å²) in [6.45, 7) is 1.88. The minimum Gasteiger partial charge on any atom is -0.508 e. The number of nitrogen functional groups attached to an aromatic ring is 1. The molecule has 6 nitrogen and oxygen atoms in total. The highest BCUT2D eigenvalue weighted by Gasteiger charge is 2.21. The largest absolute Gasteiger partial charge is 0.508 e. The van der Waals surface area contributed by atoms with Gasteiger partial charge in [-0.25, -0.2) is 0 Å². The summed E-state index contributed by atoms with van der Waals surface area (Å²) in [5.41, 5.74) is 6.18. The number of phenols is 1. The fraction of sp³-hybridized carbons (Fsp3) is 0.385. The van der Waals surface area contributed by atoms with Gasteiger partial charge in [-0.15, -0.1) is 0 Å². The number of phenolic OH excluding ortho intramolecular Hbond substituents is 1. The molecule has 19 heavy (non-hydrogen) atoms. The number of rotatable bonds is 4. The van der Waals surface area contributed by atoms with Crippen molar-refractivity contribution < 1.29 is 19.4 Å². The third-order valence-corrected chi connectivity index (χ3v) is 2.77. The van der Waals surface area contributed by atoms with Crippen LogP contribution < -0.4 is 5.73 Å². The Morgan fingerprint density at radius 1 is 1.47 bits per heavy atom. The molecule has 0 aliphatic heterocycles. The summed E-state index contributed by atoms with van der Waals surface area (Å²) >= 11 is 0. The molecule has 0 radical (unpaired) electrons. The summed E-state index contributed by atoms with van der Waals surface area (Å²) in [5.74, 6) is -1.21. The van der Waals surface area contributed by atoms with Crippen LogP contribution in [0.1, 0.15) is 17.3 Å². The van der Waals surface area contributed by atoms with E-state index in [1.807, 2.05) is 0 Å². The van der Waals surface area contributed by atoms with Crippen LogP contribution in [0.3, 0.4) is 0 Å². The Labute approximate surface area is 111 Å². The molecule has 104 valence electrons. The van der Waals surface area contributed by atoms with Crippen molar-refractivity contribution in [3.8, 4) is 5.75 Å². The lowest BCUT2D eigenvalue weighted by Crippen LogP contribution is -2.34. The molecule has 1 unspecified atom stereocenters. The van der Waals surface area contributed by atoms with Gasteiger partial charge in [0.2, 0.25) is 0 Å². The number of carbonyl (C=O) groups is 2. The maximum Gasteiger partial charge on any atom is 0.310 e. The van der Waals surface area contributed by atoms with Crippen molar-refractivity contribution in [3.63, 3.8) is 0 Å². The summed E-state index contributed by atoms with van der Waals surface area (Å²) in [7, 11) is 2.86. The first kappa shape index (κ1) is 14.8. The molecule has 0 spiro atoms. The molecule has 0 aromatic heterocycles. The Morgan fingerprint density at radius 2 is 2.11 bits per heavy atom. The zero-order valence-electron chi connectivity index (χ0n) is 11.2. The summed E-state index contributed by atoms with van der Waals surface area (Å²) in [6, 6.07) is 4.17. The van der Waals surface area contributed by atoms with E-state index in [1.165, 1.54) is 30.2 Å². The third kappa shape index (κ3) is 3.61. The van der Waals surface area contributed by atoms with Gasteiger partial charge in [-0.3, -0.25) is 9.59 Å². The maximum atomic E-state index is 12.1. The Kier molecular flexibility index (Phi) is 4.74. The number of hydrogen-bond acceptors (Lipinski definition) is 5. The van der Waals surface area contributed by atoms with Gasteiger partial charge < -0.3 is 20.5 Å². The van der Waals surface area contributed by atoms with Crippen LogP contribution in [0.25, 0.3) is 0 Å². The number of anilines is 1. The molecule has 0 heterocycles. The van der Waals surface area contributed by atoms with Crippen LogP contribution in [-0.4, -0.2) is 42.6 Å². The van der Waals surface area contributed by atoms with E-state index in [2.05, 4.69) is 4.74 Å². The van der Waals surface area contributed by atoms with Gasteiger partial charge in [-0.05, 0) is 18.2 Å². The highest BCUT2D eigenvalue weighted by atomic mass is 16.5. The number of benzene rings is 1. The van der Waals surface area contributed by atoms with E-state index in [4.69, 9.17) is 5.73 Å². The molecule has 0 fully saturated rings. The summed E-state index contributed by atoms with van der Waals surface area (Å²) in [5, 5.41) is 9.38. The summed E-state index contributed by atoms with van der Waals surface area (Å²) < 4.78 is 4.60. The molecular weight excluding hydrogens is 248 g/mol. The van der Waals surface area contributed by atoms with Crippen LogP contribution in [0.15, 0.2) is 18.2 Å². The van der Waals surface area contributed by atoms with Gasteiger partial charge in [0, 0.05) is 19.3 Å². The molecule has 6 heteroatoms. The molecule has 1 aromatic rings. The molecule has 3 N–H and O–H groups in total. The molecule has 1 amide bonds. The summed E-state index contributed by atoms with van der Waals surface area (Å²) in [4.78, 5) is 24.8. The van der Waals surface area contributed by atoms with Crippen molar-refractivity contribution >= 4 is 17.6 Å². The zero-order valence-corrected chi connectivity index (χ0v) is 11.2. The van der Waals surface area contributed by atoms with Crippen molar-refractivity contribution in [1.82, 2.24) is 4.90 Å². The number of aromatic hydroxyl groups is 1. The van der Waals surface area contributed by atoms with Crippen molar-refractivity contribution in [2.75, 3.05) is 26.4 Å². The van der Waals surface area contributed by atoms with Crippen molar-refractivity contribution in [2.45, 2.75) is 6.92 Å². The number of ether oxygens (including phenoxy) is 1. The number of methoxy groups -OCH3 is 1. The smallest absolute Gasteiger partial charge is 0.310 e. The lowest BCUT2D eigenvalue weighted by atomic mass is 10.1.